The third-order valence-electron chi connectivity index (χ3n) is 3.99. The van der Waals surface area contributed by atoms with Crippen LogP contribution in [0.4, 0.5) is 0 Å². The predicted octanol–water partition coefficient (Wildman–Crippen LogP) is 1.60. The fourth-order valence-corrected chi connectivity index (χ4v) is 2.56. The average Bonchev–Trinajstić information content (AvgIpc) is 3.16. The molecule has 0 spiro atoms. The molecule has 1 N–H and O–H groups in total. The van der Waals surface area contributed by atoms with Gasteiger partial charge in [-0.15, -0.1) is 0 Å². The fourth-order valence-electron chi connectivity index (χ4n) is 2.56. The van der Waals surface area contributed by atoms with Crippen LogP contribution in [0.5, 0.6) is 0 Å². The van der Waals surface area contributed by atoms with Gasteiger partial charge in [0.25, 0.3) is 0 Å². The first-order valence-corrected chi connectivity index (χ1v) is 6.56. The quantitative estimate of drug-likeness (QED) is 0.766. The lowest BCUT2D eigenvalue weighted by molar-refractivity contribution is -0.143. The molecule has 0 unspecified atom stereocenters. The Hall–Kier alpha value is -1.06. The van der Waals surface area contributed by atoms with Gasteiger partial charge in [0.2, 0.25) is 5.91 Å². The summed E-state index contributed by atoms with van der Waals surface area (Å²) in [6, 6.07) is 0. The normalized spacial score (nSPS) is 28.6. The standard InChI is InChI=1S/C13H21NO3/c1-3-14(7-8(2)13(16)17)12(15)11-6-10(11)9-4-5-9/h8-11H,3-7H2,1-2H3,(H,16,17)/t8-,10-,11+/m0/s1. The minimum Gasteiger partial charge on any atom is -0.481 e. The van der Waals surface area contributed by atoms with E-state index in [-0.39, 0.29) is 11.8 Å². The van der Waals surface area contributed by atoms with Crippen molar-refractivity contribution in [2.24, 2.45) is 23.7 Å². The van der Waals surface area contributed by atoms with Crippen molar-refractivity contribution in [3.8, 4) is 0 Å². The van der Waals surface area contributed by atoms with E-state index in [0.29, 0.717) is 19.0 Å². The molecule has 4 heteroatoms. The molecule has 96 valence electrons. The first kappa shape index (κ1) is 12.4. The first-order chi connectivity index (χ1) is 8.04. The van der Waals surface area contributed by atoms with Crippen LogP contribution in [0.2, 0.25) is 0 Å². The molecule has 0 aromatic heterocycles. The molecule has 0 radical (unpaired) electrons. The lowest BCUT2D eigenvalue weighted by atomic mass is 10.1. The van der Waals surface area contributed by atoms with Gasteiger partial charge in [0.05, 0.1) is 5.92 Å². The predicted molar refractivity (Wildman–Crippen MR) is 63.4 cm³/mol. The van der Waals surface area contributed by atoms with Crippen LogP contribution in [0.3, 0.4) is 0 Å². The lowest BCUT2D eigenvalue weighted by Crippen LogP contribution is -2.38. The summed E-state index contributed by atoms with van der Waals surface area (Å²) >= 11 is 0. The van der Waals surface area contributed by atoms with E-state index in [2.05, 4.69) is 0 Å². The Balaban J connectivity index is 1.85. The number of nitrogens with zero attached hydrogens (tertiary/aromatic N) is 1. The highest BCUT2D eigenvalue weighted by atomic mass is 16.4. The molecule has 0 heterocycles. The van der Waals surface area contributed by atoms with Crippen LogP contribution in [0.25, 0.3) is 0 Å². The van der Waals surface area contributed by atoms with E-state index < -0.39 is 11.9 Å². The Bertz CT molecular complexity index is 325. The molecular formula is C13H21NO3. The van der Waals surface area contributed by atoms with Crippen LogP contribution in [0.15, 0.2) is 0 Å². The van der Waals surface area contributed by atoms with E-state index in [0.717, 1.165) is 12.3 Å². The van der Waals surface area contributed by atoms with Gasteiger partial charge in [-0.3, -0.25) is 9.59 Å². The van der Waals surface area contributed by atoms with Crippen LogP contribution in [-0.4, -0.2) is 35.0 Å². The molecule has 3 atom stereocenters. The van der Waals surface area contributed by atoms with Crippen LogP contribution in [0.1, 0.15) is 33.1 Å². The van der Waals surface area contributed by atoms with Crippen LogP contribution < -0.4 is 0 Å². The number of amides is 1. The van der Waals surface area contributed by atoms with Crippen molar-refractivity contribution in [1.29, 1.82) is 0 Å². The summed E-state index contributed by atoms with van der Waals surface area (Å²) in [5.74, 6) is 0.472. The third kappa shape index (κ3) is 2.79. The maximum Gasteiger partial charge on any atom is 0.308 e. The zero-order valence-corrected chi connectivity index (χ0v) is 10.6. The van der Waals surface area contributed by atoms with Gasteiger partial charge in [0.15, 0.2) is 0 Å². The maximum atomic E-state index is 12.2. The van der Waals surface area contributed by atoms with E-state index in [1.54, 1.807) is 11.8 Å². The van der Waals surface area contributed by atoms with Crippen molar-refractivity contribution in [2.45, 2.75) is 33.1 Å². The molecule has 1 amide bonds. The molecule has 2 saturated carbocycles. The summed E-state index contributed by atoms with van der Waals surface area (Å²) in [6.07, 6.45) is 3.60. The number of carboxylic acid groups (broad SMARTS) is 1. The Morgan fingerprint density at radius 3 is 2.53 bits per heavy atom. The van der Waals surface area contributed by atoms with E-state index in [1.807, 2.05) is 6.92 Å². The van der Waals surface area contributed by atoms with Gasteiger partial charge in [-0.2, -0.15) is 0 Å². The third-order valence-corrected chi connectivity index (χ3v) is 3.99. The van der Waals surface area contributed by atoms with Gasteiger partial charge < -0.3 is 10.0 Å². The van der Waals surface area contributed by atoms with Crippen molar-refractivity contribution >= 4 is 11.9 Å². The topological polar surface area (TPSA) is 57.6 Å². The van der Waals surface area contributed by atoms with Crippen LogP contribution >= 0.6 is 0 Å². The molecule has 0 aromatic carbocycles. The molecule has 2 aliphatic rings. The smallest absolute Gasteiger partial charge is 0.308 e. The zero-order valence-electron chi connectivity index (χ0n) is 10.6. The minimum atomic E-state index is -0.828. The summed E-state index contributed by atoms with van der Waals surface area (Å²) in [4.78, 5) is 24.7. The number of carbonyl (C=O) groups excluding carboxylic acids is 1. The highest BCUT2D eigenvalue weighted by Gasteiger charge is 2.52. The monoisotopic (exact) mass is 239 g/mol. The van der Waals surface area contributed by atoms with Crippen molar-refractivity contribution < 1.29 is 14.7 Å². The fraction of sp³-hybridized carbons (Fsp3) is 0.846. The molecule has 0 aromatic rings. The van der Waals surface area contributed by atoms with Crippen molar-refractivity contribution in [3.63, 3.8) is 0 Å². The molecule has 4 nitrogen and oxygen atoms in total. The highest BCUT2D eigenvalue weighted by molar-refractivity contribution is 5.82. The summed E-state index contributed by atoms with van der Waals surface area (Å²) < 4.78 is 0. The van der Waals surface area contributed by atoms with E-state index in [4.69, 9.17) is 5.11 Å². The molecule has 2 rings (SSSR count). The number of rotatable bonds is 6. The number of carbonyl (C=O) groups is 2. The Labute approximate surface area is 102 Å². The van der Waals surface area contributed by atoms with Crippen molar-refractivity contribution in [1.82, 2.24) is 4.90 Å². The Morgan fingerprint density at radius 2 is 2.06 bits per heavy atom. The van der Waals surface area contributed by atoms with Crippen molar-refractivity contribution in [2.75, 3.05) is 13.1 Å². The molecule has 17 heavy (non-hydrogen) atoms. The number of aliphatic carboxylic acids is 1. The van der Waals surface area contributed by atoms with Crippen LogP contribution in [-0.2, 0) is 9.59 Å². The van der Waals surface area contributed by atoms with Gasteiger partial charge in [-0.25, -0.2) is 0 Å². The summed E-state index contributed by atoms with van der Waals surface area (Å²) in [5.41, 5.74) is 0. The second-order valence-electron chi connectivity index (χ2n) is 5.46. The van der Waals surface area contributed by atoms with E-state index in [1.165, 1.54) is 12.8 Å². The molecule has 0 aliphatic heterocycles. The van der Waals surface area contributed by atoms with Gasteiger partial charge in [-0.1, -0.05) is 6.92 Å². The Kier molecular flexibility index (Phi) is 3.40. The largest absolute Gasteiger partial charge is 0.481 e. The van der Waals surface area contributed by atoms with Gasteiger partial charge in [-0.05, 0) is 38.0 Å². The number of hydrogen-bond donors (Lipinski definition) is 1. The molecule has 2 aliphatic carbocycles. The summed E-state index contributed by atoms with van der Waals surface area (Å²) in [6.45, 7) is 4.54. The number of hydrogen-bond acceptors (Lipinski definition) is 2. The molecular weight excluding hydrogens is 218 g/mol. The SMILES string of the molecule is CCN(C[C@H](C)C(=O)O)C(=O)[C@@H]1C[C@H]1C1CC1. The van der Waals surface area contributed by atoms with Crippen LogP contribution in [0, 0.1) is 23.7 Å². The zero-order chi connectivity index (χ0) is 12.6. The highest BCUT2D eigenvalue weighted by Crippen LogP contribution is 2.54. The van der Waals surface area contributed by atoms with E-state index >= 15 is 0 Å². The van der Waals surface area contributed by atoms with Gasteiger partial charge >= 0.3 is 5.97 Å². The molecule has 0 saturated heterocycles. The molecule has 2 fully saturated rings. The maximum absolute atomic E-state index is 12.2. The van der Waals surface area contributed by atoms with Gasteiger partial charge in [0.1, 0.15) is 0 Å². The van der Waals surface area contributed by atoms with Gasteiger partial charge in [0, 0.05) is 19.0 Å². The summed E-state index contributed by atoms with van der Waals surface area (Å²) in [7, 11) is 0. The Morgan fingerprint density at radius 1 is 1.41 bits per heavy atom. The minimum absolute atomic E-state index is 0.178. The molecule has 0 bridgehead atoms. The second kappa shape index (κ2) is 4.67. The average molecular weight is 239 g/mol. The lowest BCUT2D eigenvalue weighted by Gasteiger charge is -2.23. The number of carboxylic acids is 1. The second-order valence-corrected chi connectivity index (χ2v) is 5.46. The first-order valence-electron chi connectivity index (χ1n) is 6.56. The summed E-state index contributed by atoms with van der Waals surface area (Å²) in [5, 5.41) is 8.87. The van der Waals surface area contributed by atoms with Crippen molar-refractivity contribution in [3.05, 3.63) is 0 Å². The van der Waals surface area contributed by atoms with E-state index in [9.17, 15) is 9.59 Å².